The zero-order chi connectivity index (χ0) is 15.1. The van der Waals surface area contributed by atoms with Crippen molar-refractivity contribution in [3.63, 3.8) is 0 Å². The Labute approximate surface area is 123 Å². The number of benzene rings is 1. The summed E-state index contributed by atoms with van der Waals surface area (Å²) < 4.78 is 0. The third-order valence-corrected chi connectivity index (χ3v) is 2.80. The van der Waals surface area contributed by atoms with Gasteiger partial charge in [0.05, 0.1) is 25.2 Å². The number of carbonyl (C=O) groups is 1. The maximum absolute atomic E-state index is 12.1. The highest BCUT2D eigenvalue weighted by Crippen LogP contribution is 2.09. The van der Waals surface area contributed by atoms with Gasteiger partial charge in [0.2, 0.25) is 0 Å². The molecular weight excluding hydrogens is 266 g/mol. The molecule has 0 unspecified atom stereocenters. The SMILES string of the molecule is Cc1cc(C#CCCO)cc(C(=O)NCc2cnc[nH]2)c1. The Morgan fingerprint density at radius 2 is 2.29 bits per heavy atom. The molecule has 2 aromatic rings. The van der Waals surface area contributed by atoms with E-state index in [2.05, 4.69) is 27.1 Å². The van der Waals surface area contributed by atoms with Gasteiger partial charge in [0, 0.05) is 23.7 Å². The molecule has 2 rings (SSSR count). The molecule has 1 heterocycles. The van der Waals surface area contributed by atoms with Gasteiger partial charge in [-0.1, -0.05) is 11.8 Å². The van der Waals surface area contributed by atoms with Gasteiger partial charge in [0.15, 0.2) is 0 Å². The van der Waals surface area contributed by atoms with Crippen molar-refractivity contribution in [1.82, 2.24) is 15.3 Å². The minimum Gasteiger partial charge on any atom is -0.395 e. The van der Waals surface area contributed by atoms with Crippen molar-refractivity contribution in [3.05, 3.63) is 53.1 Å². The molecule has 5 heteroatoms. The summed E-state index contributed by atoms with van der Waals surface area (Å²) in [5.74, 6) is 5.65. The predicted molar refractivity (Wildman–Crippen MR) is 79.5 cm³/mol. The number of carbonyl (C=O) groups excluding carboxylic acids is 1. The number of amides is 1. The fourth-order valence-electron chi connectivity index (χ4n) is 1.87. The lowest BCUT2D eigenvalue weighted by Crippen LogP contribution is -2.23. The lowest BCUT2D eigenvalue weighted by Gasteiger charge is -2.05. The van der Waals surface area contributed by atoms with Crippen LogP contribution in [0.15, 0.2) is 30.7 Å². The second-order valence-corrected chi connectivity index (χ2v) is 4.62. The summed E-state index contributed by atoms with van der Waals surface area (Å²) >= 11 is 0. The smallest absolute Gasteiger partial charge is 0.251 e. The van der Waals surface area contributed by atoms with E-state index in [1.165, 1.54) is 0 Å². The lowest BCUT2D eigenvalue weighted by molar-refractivity contribution is 0.0950. The molecule has 21 heavy (non-hydrogen) atoms. The highest BCUT2D eigenvalue weighted by Gasteiger charge is 2.07. The first-order chi connectivity index (χ1) is 10.2. The molecule has 0 saturated heterocycles. The number of hydrogen-bond acceptors (Lipinski definition) is 3. The molecule has 1 aromatic heterocycles. The van der Waals surface area contributed by atoms with E-state index in [1.807, 2.05) is 19.1 Å². The van der Waals surface area contributed by atoms with Gasteiger partial charge in [-0.05, 0) is 30.7 Å². The molecule has 0 saturated carbocycles. The number of rotatable bonds is 4. The number of nitrogens with zero attached hydrogens (tertiary/aromatic N) is 1. The highest BCUT2D eigenvalue weighted by atomic mass is 16.2. The molecule has 0 fully saturated rings. The normalized spacial score (nSPS) is 9.81. The van der Waals surface area contributed by atoms with E-state index < -0.39 is 0 Å². The predicted octanol–water partition coefficient (Wildman–Crippen LogP) is 1.38. The van der Waals surface area contributed by atoms with Crippen LogP contribution in [0.2, 0.25) is 0 Å². The Kier molecular flexibility index (Phi) is 5.13. The molecule has 3 N–H and O–H groups in total. The molecule has 108 valence electrons. The van der Waals surface area contributed by atoms with E-state index in [0.29, 0.717) is 18.5 Å². The number of aromatic nitrogens is 2. The maximum atomic E-state index is 12.1. The van der Waals surface area contributed by atoms with Crippen molar-refractivity contribution in [2.24, 2.45) is 0 Å². The van der Waals surface area contributed by atoms with Crippen molar-refractivity contribution in [2.45, 2.75) is 19.9 Å². The van der Waals surface area contributed by atoms with Crippen molar-refractivity contribution >= 4 is 5.91 Å². The fraction of sp³-hybridized carbons (Fsp3) is 0.250. The Bertz CT molecular complexity index is 667. The lowest BCUT2D eigenvalue weighted by atomic mass is 10.1. The van der Waals surface area contributed by atoms with Crippen LogP contribution in [-0.2, 0) is 6.54 Å². The van der Waals surface area contributed by atoms with Crippen LogP contribution < -0.4 is 5.32 Å². The first-order valence-corrected chi connectivity index (χ1v) is 6.66. The number of H-pyrrole nitrogens is 1. The third-order valence-electron chi connectivity index (χ3n) is 2.80. The van der Waals surface area contributed by atoms with Gasteiger partial charge in [0.1, 0.15) is 0 Å². The Morgan fingerprint density at radius 3 is 3.00 bits per heavy atom. The van der Waals surface area contributed by atoms with E-state index in [4.69, 9.17) is 5.11 Å². The van der Waals surface area contributed by atoms with Crippen LogP contribution in [0.3, 0.4) is 0 Å². The van der Waals surface area contributed by atoms with Gasteiger partial charge >= 0.3 is 0 Å². The summed E-state index contributed by atoms with van der Waals surface area (Å²) in [6.45, 7) is 2.36. The quantitative estimate of drug-likeness (QED) is 0.742. The second kappa shape index (κ2) is 7.27. The summed E-state index contributed by atoms with van der Waals surface area (Å²) in [6, 6.07) is 5.48. The van der Waals surface area contributed by atoms with Crippen molar-refractivity contribution in [2.75, 3.05) is 6.61 Å². The van der Waals surface area contributed by atoms with Crippen LogP contribution in [0.25, 0.3) is 0 Å². The molecule has 0 atom stereocenters. The van der Waals surface area contributed by atoms with Crippen LogP contribution in [0, 0.1) is 18.8 Å². The van der Waals surface area contributed by atoms with Crippen LogP contribution in [0.4, 0.5) is 0 Å². The largest absolute Gasteiger partial charge is 0.395 e. The number of aliphatic hydroxyl groups is 1. The van der Waals surface area contributed by atoms with Crippen LogP contribution in [0.5, 0.6) is 0 Å². The first kappa shape index (κ1) is 14.8. The second-order valence-electron chi connectivity index (χ2n) is 4.62. The zero-order valence-corrected chi connectivity index (χ0v) is 11.8. The van der Waals surface area contributed by atoms with E-state index in [-0.39, 0.29) is 12.5 Å². The topological polar surface area (TPSA) is 78.0 Å². The summed E-state index contributed by atoms with van der Waals surface area (Å²) in [5, 5.41) is 11.6. The molecule has 0 aliphatic rings. The Morgan fingerprint density at radius 1 is 1.43 bits per heavy atom. The van der Waals surface area contributed by atoms with Gasteiger partial charge in [-0.2, -0.15) is 0 Å². The number of aromatic amines is 1. The fourth-order valence-corrected chi connectivity index (χ4v) is 1.87. The molecule has 0 radical (unpaired) electrons. The molecule has 1 aromatic carbocycles. The Hall–Kier alpha value is -2.58. The van der Waals surface area contributed by atoms with Gasteiger partial charge in [-0.3, -0.25) is 4.79 Å². The van der Waals surface area contributed by atoms with Gasteiger partial charge in [-0.15, -0.1) is 0 Å². The van der Waals surface area contributed by atoms with Crippen LogP contribution in [-0.4, -0.2) is 27.6 Å². The summed E-state index contributed by atoms with van der Waals surface area (Å²) in [6.07, 6.45) is 3.67. The minimum absolute atomic E-state index is 0.0380. The van der Waals surface area contributed by atoms with E-state index in [0.717, 1.165) is 16.8 Å². The highest BCUT2D eigenvalue weighted by molar-refractivity contribution is 5.94. The maximum Gasteiger partial charge on any atom is 0.251 e. The van der Waals surface area contributed by atoms with Crippen LogP contribution in [0.1, 0.15) is 33.6 Å². The summed E-state index contributed by atoms with van der Waals surface area (Å²) in [4.78, 5) is 19.0. The molecule has 0 spiro atoms. The number of aliphatic hydroxyl groups excluding tert-OH is 1. The van der Waals surface area contributed by atoms with Gasteiger partial charge in [-0.25, -0.2) is 4.98 Å². The van der Waals surface area contributed by atoms with Crippen molar-refractivity contribution in [1.29, 1.82) is 0 Å². The van der Waals surface area contributed by atoms with Gasteiger partial charge < -0.3 is 15.4 Å². The molecule has 0 aliphatic carbocycles. The monoisotopic (exact) mass is 283 g/mol. The minimum atomic E-state index is -0.154. The van der Waals surface area contributed by atoms with Crippen molar-refractivity contribution in [3.8, 4) is 11.8 Å². The third kappa shape index (κ3) is 4.48. The molecule has 0 aliphatic heterocycles. The number of hydrogen-bond donors (Lipinski definition) is 3. The number of nitrogens with one attached hydrogen (secondary N) is 2. The summed E-state index contributed by atoms with van der Waals surface area (Å²) in [7, 11) is 0. The van der Waals surface area contributed by atoms with E-state index in [1.54, 1.807) is 18.6 Å². The number of aryl methyl sites for hydroxylation is 1. The standard InChI is InChI=1S/C16H17N3O2/c1-12-6-13(4-2-3-5-20)8-14(7-12)16(21)18-10-15-9-17-11-19-15/h6-9,11,20H,3,5,10H2,1H3,(H,17,19)(H,18,21). The van der Waals surface area contributed by atoms with Crippen LogP contribution >= 0.6 is 0 Å². The summed E-state index contributed by atoms with van der Waals surface area (Å²) in [5.41, 5.74) is 3.16. The van der Waals surface area contributed by atoms with Gasteiger partial charge in [0.25, 0.3) is 5.91 Å². The molecule has 1 amide bonds. The zero-order valence-electron chi connectivity index (χ0n) is 11.8. The molecule has 0 bridgehead atoms. The van der Waals surface area contributed by atoms with E-state index in [9.17, 15) is 4.79 Å². The average Bonchev–Trinajstić information content (AvgIpc) is 2.98. The first-order valence-electron chi connectivity index (χ1n) is 6.66. The Balaban J connectivity index is 2.08. The molecule has 5 nitrogen and oxygen atoms in total. The van der Waals surface area contributed by atoms with E-state index >= 15 is 0 Å². The van der Waals surface area contributed by atoms with Crippen molar-refractivity contribution < 1.29 is 9.90 Å². The number of imidazole rings is 1. The molecular formula is C16H17N3O2. The average molecular weight is 283 g/mol.